The number of carbonyl (C=O) groups is 1. The Bertz CT molecular complexity index is 1210. The highest BCUT2D eigenvalue weighted by Gasteiger charge is 2.31. The predicted octanol–water partition coefficient (Wildman–Crippen LogP) is 1.16. The van der Waals surface area contributed by atoms with Crippen molar-refractivity contribution in [1.29, 1.82) is 0 Å². The molecule has 1 aromatic carbocycles. The molecule has 9 nitrogen and oxygen atoms in total. The number of fused-ring (bicyclic) bond motifs is 1. The van der Waals surface area contributed by atoms with Crippen molar-refractivity contribution in [2.24, 2.45) is 0 Å². The number of hydrogen-bond donors (Lipinski definition) is 0. The Morgan fingerprint density at radius 3 is 2.45 bits per heavy atom. The second-order valence-electron chi connectivity index (χ2n) is 6.67. The van der Waals surface area contributed by atoms with Gasteiger partial charge in [-0.3, -0.25) is 14.3 Å². The monoisotopic (exact) mass is 416 g/mol. The van der Waals surface area contributed by atoms with Gasteiger partial charge in [0.1, 0.15) is 0 Å². The fraction of sp³-hybridized carbons (Fsp3) is 0.316. The number of hydrogen-bond acceptors (Lipinski definition) is 6. The van der Waals surface area contributed by atoms with E-state index in [1.165, 1.54) is 21.0 Å². The Morgan fingerprint density at radius 2 is 1.79 bits per heavy atom. The minimum atomic E-state index is -3.76. The van der Waals surface area contributed by atoms with E-state index in [1.807, 2.05) is 6.92 Å². The number of amides is 1. The molecular formula is C19H20N4O5S. The number of pyridine rings is 1. The van der Waals surface area contributed by atoms with Crippen LogP contribution in [0.25, 0.3) is 11.1 Å². The molecule has 0 bridgehead atoms. The zero-order valence-electron chi connectivity index (χ0n) is 15.8. The normalized spacial score (nSPS) is 15.7. The van der Waals surface area contributed by atoms with E-state index in [0.717, 1.165) is 0 Å². The summed E-state index contributed by atoms with van der Waals surface area (Å²) in [5.41, 5.74) is 1.32. The van der Waals surface area contributed by atoms with E-state index in [1.54, 1.807) is 35.5 Å². The number of benzene rings is 1. The van der Waals surface area contributed by atoms with Crippen molar-refractivity contribution < 1.29 is 17.6 Å². The van der Waals surface area contributed by atoms with Gasteiger partial charge >= 0.3 is 5.76 Å². The molecule has 1 fully saturated rings. The summed E-state index contributed by atoms with van der Waals surface area (Å²) in [5, 5.41) is 0. The van der Waals surface area contributed by atoms with E-state index in [4.69, 9.17) is 4.42 Å². The summed E-state index contributed by atoms with van der Waals surface area (Å²) >= 11 is 0. The van der Waals surface area contributed by atoms with Gasteiger partial charge in [-0.05, 0) is 31.2 Å². The highest BCUT2D eigenvalue weighted by Crippen LogP contribution is 2.23. The van der Waals surface area contributed by atoms with Crippen LogP contribution in [-0.2, 0) is 16.6 Å². The summed E-state index contributed by atoms with van der Waals surface area (Å²) in [6, 6.07) is 7.72. The summed E-state index contributed by atoms with van der Waals surface area (Å²) in [6.45, 7) is 3.22. The van der Waals surface area contributed by atoms with Crippen LogP contribution in [0.1, 0.15) is 17.3 Å². The number of aryl methyl sites for hydroxylation is 1. The molecule has 1 aliphatic heterocycles. The van der Waals surface area contributed by atoms with Crippen LogP contribution in [0.3, 0.4) is 0 Å². The minimum Gasteiger partial charge on any atom is -0.408 e. The first-order valence-electron chi connectivity index (χ1n) is 9.24. The van der Waals surface area contributed by atoms with Crippen molar-refractivity contribution >= 4 is 27.0 Å². The van der Waals surface area contributed by atoms with Gasteiger partial charge < -0.3 is 9.32 Å². The predicted molar refractivity (Wildman–Crippen MR) is 105 cm³/mol. The first-order chi connectivity index (χ1) is 13.9. The lowest BCUT2D eigenvalue weighted by atomic mass is 10.2. The van der Waals surface area contributed by atoms with Crippen molar-refractivity contribution in [3.8, 4) is 0 Å². The quantitative estimate of drug-likeness (QED) is 0.632. The second kappa shape index (κ2) is 7.45. The largest absolute Gasteiger partial charge is 0.419 e. The maximum Gasteiger partial charge on any atom is 0.419 e. The fourth-order valence-electron chi connectivity index (χ4n) is 3.46. The molecule has 152 valence electrons. The number of piperazine rings is 1. The van der Waals surface area contributed by atoms with Crippen LogP contribution >= 0.6 is 0 Å². The fourth-order valence-corrected chi connectivity index (χ4v) is 4.90. The van der Waals surface area contributed by atoms with Gasteiger partial charge in [0.05, 0.1) is 10.4 Å². The van der Waals surface area contributed by atoms with Crippen molar-refractivity contribution in [2.75, 3.05) is 26.2 Å². The highest BCUT2D eigenvalue weighted by molar-refractivity contribution is 7.89. The van der Waals surface area contributed by atoms with Gasteiger partial charge in [0.25, 0.3) is 5.91 Å². The van der Waals surface area contributed by atoms with Crippen LogP contribution in [0.5, 0.6) is 0 Å². The number of nitrogens with zero attached hydrogens (tertiary/aromatic N) is 4. The molecule has 1 aliphatic rings. The minimum absolute atomic E-state index is 0.0657. The first-order valence-corrected chi connectivity index (χ1v) is 10.7. The third-order valence-corrected chi connectivity index (χ3v) is 6.94. The third-order valence-electron chi connectivity index (χ3n) is 5.05. The molecule has 1 amide bonds. The van der Waals surface area contributed by atoms with Gasteiger partial charge in [-0.2, -0.15) is 4.31 Å². The maximum atomic E-state index is 13.0. The molecule has 29 heavy (non-hydrogen) atoms. The van der Waals surface area contributed by atoms with Crippen LogP contribution < -0.4 is 5.76 Å². The van der Waals surface area contributed by atoms with E-state index in [-0.39, 0.29) is 29.5 Å². The van der Waals surface area contributed by atoms with Crippen LogP contribution in [-0.4, -0.2) is 59.3 Å². The molecular weight excluding hydrogens is 396 g/mol. The van der Waals surface area contributed by atoms with Crippen LogP contribution in [0.2, 0.25) is 0 Å². The Labute approximate surface area is 167 Å². The number of carbonyl (C=O) groups excluding carboxylic acids is 1. The molecule has 0 radical (unpaired) electrons. The average Bonchev–Trinajstić information content (AvgIpc) is 3.08. The Hall–Kier alpha value is -2.98. The Morgan fingerprint density at radius 1 is 1.10 bits per heavy atom. The average molecular weight is 416 g/mol. The number of rotatable bonds is 4. The molecule has 0 saturated carbocycles. The number of oxazole rings is 1. The van der Waals surface area contributed by atoms with Crippen molar-refractivity contribution in [3.05, 3.63) is 58.8 Å². The Kier molecular flexibility index (Phi) is 4.97. The molecule has 1 saturated heterocycles. The lowest BCUT2D eigenvalue weighted by Crippen LogP contribution is -2.50. The van der Waals surface area contributed by atoms with Gasteiger partial charge in [-0.15, -0.1) is 0 Å². The maximum absolute atomic E-state index is 13.0. The summed E-state index contributed by atoms with van der Waals surface area (Å²) < 4.78 is 34.0. The van der Waals surface area contributed by atoms with Crippen LogP contribution in [0.15, 0.2) is 56.8 Å². The molecule has 10 heteroatoms. The van der Waals surface area contributed by atoms with Gasteiger partial charge in [0, 0.05) is 56.7 Å². The zero-order chi connectivity index (χ0) is 20.6. The lowest BCUT2D eigenvalue weighted by Gasteiger charge is -2.34. The van der Waals surface area contributed by atoms with E-state index in [9.17, 15) is 18.0 Å². The van der Waals surface area contributed by atoms with Crippen molar-refractivity contribution in [3.63, 3.8) is 0 Å². The topological polar surface area (TPSA) is 106 Å². The molecule has 2 aromatic heterocycles. The van der Waals surface area contributed by atoms with Gasteiger partial charge in [-0.1, -0.05) is 0 Å². The molecule has 4 rings (SSSR count). The lowest BCUT2D eigenvalue weighted by molar-refractivity contribution is 0.0698. The van der Waals surface area contributed by atoms with E-state index < -0.39 is 15.8 Å². The van der Waals surface area contributed by atoms with Gasteiger partial charge in [-0.25, -0.2) is 13.2 Å². The third kappa shape index (κ3) is 3.45. The standard InChI is InChI=1S/C19H20N4O5S/c1-2-23-16-4-3-15(13-17(16)28-19(23)25)29(26,27)22-11-9-21(10-12-22)18(24)14-5-7-20-8-6-14/h3-8,13H,2,9-12H2,1H3. The molecule has 3 aromatic rings. The van der Waals surface area contributed by atoms with Crippen molar-refractivity contribution in [2.45, 2.75) is 18.4 Å². The summed E-state index contributed by atoms with van der Waals surface area (Å²) in [4.78, 5) is 30.0. The summed E-state index contributed by atoms with van der Waals surface area (Å²) in [7, 11) is -3.76. The smallest absolute Gasteiger partial charge is 0.408 e. The first kappa shape index (κ1) is 19.3. The molecule has 0 unspecified atom stereocenters. The molecule has 3 heterocycles. The van der Waals surface area contributed by atoms with E-state index >= 15 is 0 Å². The highest BCUT2D eigenvalue weighted by atomic mass is 32.2. The summed E-state index contributed by atoms with van der Waals surface area (Å²) in [5.74, 6) is -0.658. The van der Waals surface area contributed by atoms with E-state index in [0.29, 0.717) is 30.7 Å². The van der Waals surface area contributed by atoms with Gasteiger partial charge in [0.15, 0.2) is 5.58 Å². The number of sulfonamides is 1. The van der Waals surface area contributed by atoms with Gasteiger partial charge in [0.2, 0.25) is 10.0 Å². The number of aromatic nitrogens is 2. The molecule has 0 spiro atoms. The molecule has 0 N–H and O–H groups in total. The van der Waals surface area contributed by atoms with Crippen molar-refractivity contribution in [1.82, 2.24) is 18.8 Å². The van der Waals surface area contributed by atoms with Crippen LogP contribution in [0, 0.1) is 0 Å². The molecule has 0 atom stereocenters. The summed E-state index contributed by atoms with van der Waals surface area (Å²) in [6.07, 6.45) is 3.10. The Balaban J connectivity index is 1.52. The SMILES string of the molecule is CCn1c(=O)oc2cc(S(=O)(=O)N3CCN(C(=O)c4ccncc4)CC3)ccc21. The zero-order valence-corrected chi connectivity index (χ0v) is 16.6. The second-order valence-corrected chi connectivity index (χ2v) is 8.61. The van der Waals surface area contributed by atoms with E-state index in [2.05, 4.69) is 4.98 Å². The van der Waals surface area contributed by atoms with Crippen LogP contribution in [0.4, 0.5) is 0 Å². The molecule has 0 aliphatic carbocycles.